The van der Waals surface area contributed by atoms with E-state index in [1.807, 2.05) is 60.7 Å². The summed E-state index contributed by atoms with van der Waals surface area (Å²) in [5.74, 6) is 0.0689. The molecular formula is C15H12O2. The van der Waals surface area contributed by atoms with Gasteiger partial charge in [-0.05, 0) is 5.56 Å². The highest BCUT2D eigenvalue weighted by Gasteiger charge is 2.45. The van der Waals surface area contributed by atoms with Crippen molar-refractivity contribution < 1.29 is 9.53 Å². The Hall–Kier alpha value is -1.93. The molecule has 0 N–H and O–H groups in total. The maximum absolute atomic E-state index is 12.1. The molecule has 1 unspecified atom stereocenters. The lowest BCUT2D eigenvalue weighted by molar-refractivity contribution is 0.0953. The molecule has 1 aliphatic heterocycles. The molecule has 0 aliphatic carbocycles. The van der Waals surface area contributed by atoms with Crippen molar-refractivity contribution in [2.24, 2.45) is 0 Å². The Morgan fingerprint density at radius 3 is 2.12 bits per heavy atom. The predicted molar refractivity (Wildman–Crippen MR) is 64.8 cm³/mol. The minimum Gasteiger partial charge on any atom is -0.356 e. The second kappa shape index (κ2) is 4.15. The van der Waals surface area contributed by atoms with Gasteiger partial charge in [0, 0.05) is 5.56 Å². The minimum absolute atomic E-state index is 0.0658. The highest BCUT2D eigenvalue weighted by molar-refractivity contribution is 6.01. The van der Waals surface area contributed by atoms with Crippen molar-refractivity contribution in [3.05, 3.63) is 71.8 Å². The Balaban J connectivity index is 1.76. The van der Waals surface area contributed by atoms with Crippen LogP contribution in [-0.4, -0.2) is 11.9 Å². The molecule has 1 fully saturated rings. The third kappa shape index (κ3) is 1.99. The van der Waals surface area contributed by atoms with Crippen molar-refractivity contribution in [1.29, 1.82) is 0 Å². The van der Waals surface area contributed by atoms with Crippen LogP contribution in [0, 0.1) is 0 Å². The molecule has 1 heterocycles. The number of epoxide rings is 1. The molecule has 1 saturated heterocycles. The smallest absolute Gasteiger partial charge is 0.194 e. The van der Waals surface area contributed by atoms with Gasteiger partial charge >= 0.3 is 0 Å². The molecule has 2 atom stereocenters. The quantitative estimate of drug-likeness (QED) is 0.592. The zero-order chi connectivity index (χ0) is 11.7. The number of ketones is 1. The molecule has 2 nitrogen and oxygen atoms in total. The average Bonchev–Trinajstić information content (AvgIpc) is 3.20. The van der Waals surface area contributed by atoms with Gasteiger partial charge < -0.3 is 4.74 Å². The molecule has 0 aromatic heterocycles. The third-order valence-corrected chi connectivity index (χ3v) is 2.94. The van der Waals surface area contributed by atoms with Gasteiger partial charge in [-0.1, -0.05) is 60.7 Å². The fraction of sp³-hybridized carbons (Fsp3) is 0.133. The summed E-state index contributed by atoms with van der Waals surface area (Å²) in [7, 11) is 0. The second-order valence-corrected chi connectivity index (χ2v) is 4.12. The van der Waals surface area contributed by atoms with Crippen molar-refractivity contribution in [3.63, 3.8) is 0 Å². The highest BCUT2D eigenvalue weighted by Crippen LogP contribution is 2.40. The van der Waals surface area contributed by atoms with Gasteiger partial charge in [-0.25, -0.2) is 0 Å². The van der Waals surface area contributed by atoms with E-state index >= 15 is 0 Å². The predicted octanol–water partition coefficient (Wildman–Crippen LogP) is 3.01. The van der Waals surface area contributed by atoms with Gasteiger partial charge in [-0.3, -0.25) is 4.79 Å². The monoisotopic (exact) mass is 224 g/mol. The van der Waals surface area contributed by atoms with E-state index in [0.717, 1.165) is 11.1 Å². The van der Waals surface area contributed by atoms with Crippen LogP contribution in [0.4, 0.5) is 0 Å². The Kier molecular flexibility index (Phi) is 2.50. The van der Waals surface area contributed by atoms with Gasteiger partial charge in [0.2, 0.25) is 0 Å². The molecule has 2 aromatic rings. The molecular weight excluding hydrogens is 212 g/mol. The van der Waals surface area contributed by atoms with Crippen molar-refractivity contribution in [2.45, 2.75) is 12.2 Å². The van der Waals surface area contributed by atoms with Gasteiger partial charge in [0.15, 0.2) is 11.9 Å². The number of hydrogen-bond donors (Lipinski definition) is 0. The van der Waals surface area contributed by atoms with Gasteiger partial charge in [0.05, 0.1) is 0 Å². The zero-order valence-electron chi connectivity index (χ0n) is 9.24. The summed E-state index contributed by atoms with van der Waals surface area (Å²) in [6.45, 7) is 0. The normalized spacial score (nSPS) is 22.1. The number of carbonyl (C=O) groups is 1. The van der Waals surface area contributed by atoms with Crippen LogP contribution >= 0.6 is 0 Å². The molecule has 84 valence electrons. The number of carbonyl (C=O) groups excluding carboxylic acids is 1. The van der Waals surface area contributed by atoms with Gasteiger partial charge in [0.1, 0.15) is 6.10 Å². The fourth-order valence-corrected chi connectivity index (χ4v) is 1.97. The molecule has 0 saturated carbocycles. The molecule has 0 radical (unpaired) electrons. The maximum Gasteiger partial charge on any atom is 0.194 e. The minimum atomic E-state index is -0.306. The molecule has 0 amide bonds. The summed E-state index contributed by atoms with van der Waals surface area (Å²) in [6, 6.07) is 19.1. The van der Waals surface area contributed by atoms with E-state index in [2.05, 4.69) is 0 Å². The van der Waals surface area contributed by atoms with E-state index in [9.17, 15) is 4.79 Å². The number of Topliss-reactive ketones (excluding diaryl/α,β-unsaturated/α-hetero) is 1. The topological polar surface area (TPSA) is 29.6 Å². The molecule has 2 aromatic carbocycles. The molecule has 1 aliphatic rings. The van der Waals surface area contributed by atoms with Gasteiger partial charge in [-0.15, -0.1) is 0 Å². The van der Waals surface area contributed by atoms with Crippen LogP contribution in [0.5, 0.6) is 0 Å². The Morgan fingerprint density at radius 2 is 1.47 bits per heavy atom. The summed E-state index contributed by atoms with van der Waals surface area (Å²) in [5, 5.41) is 0. The Bertz CT molecular complexity index is 519. The SMILES string of the molecule is O=C(c1ccccc1)C1O[C@H]1c1ccccc1. The summed E-state index contributed by atoms with van der Waals surface area (Å²) >= 11 is 0. The van der Waals surface area contributed by atoms with E-state index in [1.165, 1.54) is 0 Å². The third-order valence-electron chi connectivity index (χ3n) is 2.94. The highest BCUT2D eigenvalue weighted by atomic mass is 16.6. The first kappa shape index (κ1) is 10.2. The van der Waals surface area contributed by atoms with Crippen molar-refractivity contribution >= 4 is 5.78 Å². The number of ether oxygens (including phenoxy) is 1. The van der Waals surface area contributed by atoms with E-state index in [0.29, 0.717) is 0 Å². The first-order chi connectivity index (χ1) is 8.36. The summed E-state index contributed by atoms with van der Waals surface area (Å²) in [5.41, 5.74) is 1.79. The standard InChI is InChI=1S/C15H12O2/c16-13(11-7-3-1-4-8-11)15-14(17-15)12-9-5-2-6-10-12/h1-10,14-15H/t14-,15?/m0/s1. The van der Waals surface area contributed by atoms with Crippen LogP contribution in [-0.2, 0) is 4.74 Å². The molecule has 0 spiro atoms. The Morgan fingerprint density at radius 1 is 0.882 bits per heavy atom. The molecule has 3 rings (SSSR count). The summed E-state index contributed by atoms with van der Waals surface area (Å²) in [4.78, 5) is 12.1. The van der Waals surface area contributed by atoms with Gasteiger partial charge in [-0.2, -0.15) is 0 Å². The van der Waals surface area contributed by atoms with Crippen molar-refractivity contribution in [3.8, 4) is 0 Å². The number of hydrogen-bond acceptors (Lipinski definition) is 2. The molecule has 17 heavy (non-hydrogen) atoms. The number of benzene rings is 2. The molecule has 2 heteroatoms. The van der Waals surface area contributed by atoms with E-state index < -0.39 is 0 Å². The van der Waals surface area contributed by atoms with Crippen molar-refractivity contribution in [1.82, 2.24) is 0 Å². The van der Waals surface area contributed by atoms with Crippen LogP contribution in [0.25, 0.3) is 0 Å². The van der Waals surface area contributed by atoms with E-state index in [-0.39, 0.29) is 18.0 Å². The zero-order valence-corrected chi connectivity index (χ0v) is 9.24. The van der Waals surface area contributed by atoms with Crippen LogP contribution < -0.4 is 0 Å². The first-order valence-electron chi connectivity index (χ1n) is 5.66. The number of rotatable bonds is 3. The van der Waals surface area contributed by atoms with Crippen molar-refractivity contribution in [2.75, 3.05) is 0 Å². The van der Waals surface area contributed by atoms with Gasteiger partial charge in [0.25, 0.3) is 0 Å². The fourth-order valence-electron chi connectivity index (χ4n) is 1.97. The lowest BCUT2D eigenvalue weighted by atomic mass is 10.0. The lowest BCUT2D eigenvalue weighted by Crippen LogP contribution is -2.07. The lowest BCUT2D eigenvalue weighted by Gasteiger charge is -1.96. The van der Waals surface area contributed by atoms with E-state index in [1.54, 1.807) is 0 Å². The summed E-state index contributed by atoms with van der Waals surface area (Å²) in [6.07, 6.45) is -0.372. The summed E-state index contributed by atoms with van der Waals surface area (Å²) < 4.78 is 5.47. The largest absolute Gasteiger partial charge is 0.356 e. The van der Waals surface area contributed by atoms with Crippen LogP contribution in [0.1, 0.15) is 22.0 Å². The second-order valence-electron chi connectivity index (χ2n) is 4.12. The Labute approximate surface area is 99.9 Å². The van der Waals surface area contributed by atoms with Crippen LogP contribution in [0.2, 0.25) is 0 Å². The average molecular weight is 224 g/mol. The molecule has 0 bridgehead atoms. The van der Waals surface area contributed by atoms with E-state index in [4.69, 9.17) is 4.74 Å². The van der Waals surface area contributed by atoms with Crippen LogP contribution in [0.15, 0.2) is 60.7 Å². The maximum atomic E-state index is 12.1. The van der Waals surface area contributed by atoms with Crippen LogP contribution in [0.3, 0.4) is 0 Å². The first-order valence-corrected chi connectivity index (χ1v) is 5.66.